The summed E-state index contributed by atoms with van der Waals surface area (Å²) in [6, 6.07) is 7.12. The highest BCUT2D eigenvalue weighted by Gasteiger charge is 2.44. The van der Waals surface area contributed by atoms with Gasteiger partial charge < -0.3 is 20.7 Å². The lowest BCUT2D eigenvalue weighted by atomic mass is 9.92. The Morgan fingerprint density at radius 2 is 2.07 bits per heavy atom. The van der Waals surface area contributed by atoms with Gasteiger partial charge >= 0.3 is 0 Å². The number of carbonyl (C=O) groups excluding carboxylic acids is 3. The molecule has 0 unspecified atom stereocenters. The van der Waals surface area contributed by atoms with Crippen LogP contribution in [0, 0.1) is 5.92 Å². The number of hydrogen-bond donors (Lipinski definition) is 2. The van der Waals surface area contributed by atoms with E-state index in [4.69, 9.17) is 10.5 Å². The first-order valence-electron chi connectivity index (χ1n) is 9.90. The number of methoxy groups -OCH3 is 1. The second-order valence-electron chi connectivity index (χ2n) is 7.25. The second-order valence-corrected chi connectivity index (χ2v) is 8.10. The van der Waals surface area contributed by atoms with E-state index in [2.05, 4.69) is 17.2 Å². The molecule has 2 heterocycles. The first-order valence-corrected chi connectivity index (χ1v) is 10.8. The number of benzene rings is 1. The maximum Gasteiger partial charge on any atom is 0.232 e. The number of nitrogens with two attached hydrogens (primary N) is 1. The lowest BCUT2D eigenvalue weighted by molar-refractivity contribution is -0.129. The fourth-order valence-electron chi connectivity index (χ4n) is 3.65. The van der Waals surface area contributed by atoms with E-state index < -0.39 is 11.8 Å². The van der Waals surface area contributed by atoms with Crippen molar-refractivity contribution in [3.05, 3.63) is 40.9 Å². The van der Waals surface area contributed by atoms with E-state index in [1.54, 1.807) is 17.4 Å². The molecule has 0 aliphatic carbocycles. The summed E-state index contributed by atoms with van der Waals surface area (Å²) < 4.78 is 5.23. The standard InChI is InChI=1S/C21H26N4O4S/c1-3-4-9-25-18(27)11-16(19(25)13-5-7-15(29-2)8-6-13)20(28)24-21-23-14(12-30-21)10-17(22)26/h5-8,12,16,19H,3-4,9-11H2,1-2H3,(H2,22,26)(H,23,24,28)/t16-,19-/m1/s1. The lowest BCUT2D eigenvalue weighted by Crippen LogP contribution is -2.33. The summed E-state index contributed by atoms with van der Waals surface area (Å²) in [7, 11) is 1.60. The highest BCUT2D eigenvalue weighted by molar-refractivity contribution is 7.13. The molecule has 0 bridgehead atoms. The van der Waals surface area contributed by atoms with Crippen molar-refractivity contribution in [1.29, 1.82) is 0 Å². The number of primary amides is 1. The number of aromatic nitrogens is 1. The van der Waals surface area contributed by atoms with Crippen molar-refractivity contribution in [1.82, 2.24) is 9.88 Å². The van der Waals surface area contributed by atoms with Gasteiger partial charge in [-0.05, 0) is 24.1 Å². The minimum absolute atomic E-state index is 0.0214. The van der Waals surface area contributed by atoms with Crippen molar-refractivity contribution in [2.45, 2.75) is 38.6 Å². The number of nitrogens with zero attached hydrogens (tertiary/aromatic N) is 2. The number of unbranched alkanes of at least 4 members (excludes halogenated alkanes) is 1. The van der Waals surface area contributed by atoms with Crippen molar-refractivity contribution in [3.63, 3.8) is 0 Å². The molecular weight excluding hydrogens is 404 g/mol. The molecule has 30 heavy (non-hydrogen) atoms. The summed E-state index contributed by atoms with van der Waals surface area (Å²) >= 11 is 1.23. The largest absolute Gasteiger partial charge is 0.497 e. The summed E-state index contributed by atoms with van der Waals surface area (Å²) in [6.45, 7) is 2.68. The minimum Gasteiger partial charge on any atom is -0.497 e. The van der Waals surface area contributed by atoms with Crippen molar-refractivity contribution >= 4 is 34.2 Å². The quantitative estimate of drug-likeness (QED) is 0.634. The maximum atomic E-state index is 13.1. The molecule has 9 heteroatoms. The molecular formula is C21H26N4O4S. The van der Waals surface area contributed by atoms with E-state index >= 15 is 0 Å². The van der Waals surface area contributed by atoms with Crippen LogP contribution in [0.4, 0.5) is 5.13 Å². The Morgan fingerprint density at radius 1 is 1.33 bits per heavy atom. The topological polar surface area (TPSA) is 115 Å². The van der Waals surface area contributed by atoms with E-state index in [0.29, 0.717) is 23.1 Å². The summed E-state index contributed by atoms with van der Waals surface area (Å²) in [4.78, 5) is 42.9. The summed E-state index contributed by atoms with van der Waals surface area (Å²) in [6.07, 6.45) is 1.99. The molecule has 3 amide bonds. The average molecular weight is 431 g/mol. The monoisotopic (exact) mass is 430 g/mol. The van der Waals surface area contributed by atoms with E-state index in [0.717, 1.165) is 18.4 Å². The van der Waals surface area contributed by atoms with Gasteiger partial charge in [0, 0.05) is 18.3 Å². The molecule has 0 saturated carbocycles. The third-order valence-corrected chi connectivity index (χ3v) is 5.92. The highest BCUT2D eigenvalue weighted by Crippen LogP contribution is 2.39. The van der Waals surface area contributed by atoms with Crippen LogP contribution in [0.25, 0.3) is 0 Å². The number of thiazole rings is 1. The fourth-order valence-corrected chi connectivity index (χ4v) is 4.37. The molecule has 160 valence electrons. The zero-order chi connectivity index (χ0) is 21.7. The smallest absolute Gasteiger partial charge is 0.232 e. The summed E-state index contributed by atoms with van der Waals surface area (Å²) in [5.41, 5.74) is 6.60. The zero-order valence-corrected chi connectivity index (χ0v) is 17.9. The first-order chi connectivity index (χ1) is 14.4. The normalized spacial score (nSPS) is 18.5. The third kappa shape index (κ3) is 4.96. The van der Waals surface area contributed by atoms with Gasteiger partial charge in [0.05, 0.1) is 31.2 Å². The lowest BCUT2D eigenvalue weighted by Gasteiger charge is -2.28. The van der Waals surface area contributed by atoms with Crippen LogP contribution in [0.1, 0.15) is 43.5 Å². The SMILES string of the molecule is CCCCN1C(=O)C[C@@H](C(=O)Nc2nc(CC(N)=O)cs2)[C@H]1c1ccc(OC)cc1. The molecule has 1 aliphatic heterocycles. The van der Waals surface area contributed by atoms with Crippen LogP contribution in [0.2, 0.25) is 0 Å². The predicted octanol–water partition coefficient (Wildman–Crippen LogP) is 2.51. The number of hydrogen-bond acceptors (Lipinski definition) is 6. The molecule has 0 radical (unpaired) electrons. The maximum absolute atomic E-state index is 13.1. The second kappa shape index (κ2) is 9.71. The van der Waals surface area contributed by atoms with Gasteiger partial charge in [0.15, 0.2) is 5.13 Å². The van der Waals surface area contributed by atoms with Crippen LogP contribution >= 0.6 is 11.3 Å². The van der Waals surface area contributed by atoms with Crippen molar-refractivity contribution in [2.75, 3.05) is 19.0 Å². The Morgan fingerprint density at radius 3 is 2.70 bits per heavy atom. The first kappa shape index (κ1) is 21.8. The fraction of sp³-hybridized carbons (Fsp3) is 0.429. The number of nitrogens with one attached hydrogen (secondary N) is 1. The molecule has 1 aromatic heterocycles. The molecule has 2 atom stereocenters. The van der Waals surface area contributed by atoms with Gasteiger partial charge in [-0.15, -0.1) is 11.3 Å². The van der Waals surface area contributed by atoms with Crippen LogP contribution in [0.3, 0.4) is 0 Å². The van der Waals surface area contributed by atoms with Gasteiger partial charge in [-0.3, -0.25) is 14.4 Å². The summed E-state index contributed by atoms with van der Waals surface area (Å²) in [5.74, 6) is -0.591. The van der Waals surface area contributed by atoms with E-state index in [-0.39, 0.29) is 30.7 Å². The Hall–Kier alpha value is -2.94. The molecule has 1 aliphatic rings. The third-order valence-electron chi connectivity index (χ3n) is 5.12. The number of rotatable bonds is 9. The highest BCUT2D eigenvalue weighted by atomic mass is 32.1. The minimum atomic E-state index is -0.536. The van der Waals surface area contributed by atoms with Crippen LogP contribution in [0.5, 0.6) is 5.75 Å². The molecule has 1 saturated heterocycles. The predicted molar refractivity (Wildman–Crippen MR) is 114 cm³/mol. The number of ether oxygens (including phenoxy) is 1. The average Bonchev–Trinajstić information content (AvgIpc) is 3.29. The Labute approximate surface area is 179 Å². The van der Waals surface area contributed by atoms with Gasteiger partial charge in [-0.1, -0.05) is 25.5 Å². The molecule has 0 spiro atoms. The van der Waals surface area contributed by atoms with Crippen LogP contribution < -0.4 is 15.8 Å². The van der Waals surface area contributed by atoms with Gasteiger partial charge in [0.1, 0.15) is 5.75 Å². The number of anilines is 1. The van der Waals surface area contributed by atoms with Crippen molar-refractivity contribution in [2.24, 2.45) is 11.7 Å². The number of carbonyl (C=O) groups is 3. The molecule has 1 fully saturated rings. The van der Waals surface area contributed by atoms with Gasteiger partial charge in [-0.25, -0.2) is 4.98 Å². The van der Waals surface area contributed by atoms with Crippen LogP contribution in [0.15, 0.2) is 29.6 Å². The molecule has 2 aromatic rings. The zero-order valence-electron chi connectivity index (χ0n) is 17.1. The molecule has 3 rings (SSSR count). The molecule has 8 nitrogen and oxygen atoms in total. The molecule has 3 N–H and O–H groups in total. The van der Waals surface area contributed by atoms with E-state index in [9.17, 15) is 14.4 Å². The van der Waals surface area contributed by atoms with Gasteiger partial charge in [-0.2, -0.15) is 0 Å². The Kier molecular flexibility index (Phi) is 7.04. The number of amides is 3. The Balaban J connectivity index is 1.82. The van der Waals surface area contributed by atoms with Crippen LogP contribution in [-0.4, -0.2) is 41.3 Å². The van der Waals surface area contributed by atoms with E-state index in [1.807, 2.05) is 24.3 Å². The Bertz CT molecular complexity index is 912. The molecule has 1 aromatic carbocycles. The summed E-state index contributed by atoms with van der Waals surface area (Å²) in [5, 5.41) is 4.89. The van der Waals surface area contributed by atoms with E-state index in [1.165, 1.54) is 11.3 Å². The van der Waals surface area contributed by atoms with Crippen molar-refractivity contribution < 1.29 is 19.1 Å². The van der Waals surface area contributed by atoms with Crippen molar-refractivity contribution in [3.8, 4) is 5.75 Å². The van der Waals surface area contributed by atoms with Gasteiger partial charge in [0.2, 0.25) is 17.7 Å². The van der Waals surface area contributed by atoms with Crippen LogP contribution in [-0.2, 0) is 20.8 Å². The van der Waals surface area contributed by atoms with Gasteiger partial charge in [0.25, 0.3) is 0 Å². The number of likely N-dealkylation sites (tertiary alicyclic amines) is 1.